The van der Waals surface area contributed by atoms with E-state index in [1.54, 1.807) is 0 Å². The Balaban J connectivity index is 0.00000256. The molecule has 0 saturated heterocycles. The van der Waals surface area contributed by atoms with Gasteiger partial charge in [0.05, 0.1) is 9.79 Å². The summed E-state index contributed by atoms with van der Waals surface area (Å²) in [4.78, 5) is -2.42. The van der Waals surface area contributed by atoms with E-state index >= 15 is 0 Å². The van der Waals surface area contributed by atoms with Crippen LogP contribution in [0, 0.1) is 0 Å². The van der Waals surface area contributed by atoms with Gasteiger partial charge in [-0.2, -0.15) is 0 Å². The molecule has 11 heteroatoms. The molecule has 90 valence electrons. The molecule has 0 bridgehead atoms. The fourth-order valence-corrected chi connectivity index (χ4v) is 2.08. The summed E-state index contributed by atoms with van der Waals surface area (Å²) in [6.45, 7) is 0. The van der Waals surface area contributed by atoms with Crippen LogP contribution in [0.3, 0.4) is 0 Å². The summed E-state index contributed by atoms with van der Waals surface area (Å²) in [7, 11) is -10.2. The topological polar surface area (TPSA) is 155 Å². The van der Waals surface area contributed by atoms with Crippen LogP contribution in [0.2, 0.25) is 0 Å². The van der Waals surface area contributed by atoms with E-state index in [1.807, 2.05) is 0 Å². The second kappa shape index (κ2) is 4.87. The van der Waals surface area contributed by atoms with Crippen molar-refractivity contribution >= 4 is 20.2 Å². The van der Waals surface area contributed by atoms with Crippen molar-refractivity contribution in [2.24, 2.45) is 0 Å². The van der Waals surface area contributed by atoms with Gasteiger partial charge in [-0.1, -0.05) is 0 Å². The molecule has 1 rings (SSSR count). The first-order valence-electron chi connectivity index (χ1n) is 3.51. The van der Waals surface area contributed by atoms with Crippen LogP contribution in [0.1, 0.15) is 0 Å². The van der Waals surface area contributed by atoms with Crippen molar-refractivity contribution < 1.29 is 55.6 Å². The molecule has 17 heavy (non-hydrogen) atoms. The van der Waals surface area contributed by atoms with Crippen molar-refractivity contribution in [3.8, 4) is 11.5 Å². The monoisotopic (exact) mass is 332 g/mol. The first kappa shape index (κ1) is 16.3. The Hall–Kier alpha value is -0.737. The quantitative estimate of drug-likeness (QED) is 0.392. The van der Waals surface area contributed by atoms with Crippen molar-refractivity contribution in [2.75, 3.05) is 0 Å². The van der Waals surface area contributed by atoms with Gasteiger partial charge in [-0.25, -0.2) is 16.8 Å². The number of phenols is 2. The number of rotatable bonds is 2. The Labute approximate surface area is 109 Å². The van der Waals surface area contributed by atoms with E-state index in [0.29, 0.717) is 0 Å². The number of phenolic OH excluding ortho intramolecular Hbond substituents is 2. The molecule has 0 aliphatic rings. The maximum absolute atomic E-state index is 10.5. The van der Waals surface area contributed by atoms with Crippen LogP contribution >= 0.6 is 0 Å². The summed E-state index contributed by atoms with van der Waals surface area (Å²) < 4.78 is 63.1. The third kappa shape index (κ3) is 3.61. The van der Waals surface area contributed by atoms with Crippen LogP contribution in [-0.2, 0) is 39.7 Å². The minimum Gasteiger partial charge on any atom is -0.744 e. The van der Waals surface area contributed by atoms with E-state index in [2.05, 4.69) is 0 Å². The molecule has 0 amide bonds. The summed E-state index contributed by atoms with van der Waals surface area (Å²) in [6.07, 6.45) is 0. The van der Waals surface area contributed by atoms with Gasteiger partial charge >= 0.3 is 19.5 Å². The average Bonchev–Trinajstić information content (AvgIpc) is 2.04. The number of hydrogen-bond acceptors (Lipinski definition) is 8. The third-order valence-corrected chi connectivity index (χ3v) is 3.31. The van der Waals surface area contributed by atoms with Crippen molar-refractivity contribution in [3.05, 3.63) is 12.1 Å². The standard InChI is InChI=1S/C6H6O8S2.Zn/c7-3-1-5(15(9,10)11)4(8)2-6(3)16(12,13)14;/h1-2,7-8H,(H,9,10,11)(H,12,13,14);/q;+2/p-2. The van der Waals surface area contributed by atoms with Gasteiger partial charge in [0.2, 0.25) is 0 Å². The van der Waals surface area contributed by atoms with Crippen molar-refractivity contribution in [1.82, 2.24) is 0 Å². The Kier molecular flexibility index (Phi) is 4.65. The molecule has 0 aromatic heterocycles. The maximum atomic E-state index is 10.5. The molecule has 0 radical (unpaired) electrons. The molecular weight excluding hydrogens is 330 g/mol. The molecule has 0 fully saturated rings. The average molecular weight is 334 g/mol. The van der Waals surface area contributed by atoms with Crippen LogP contribution in [0.5, 0.6) is 11.5 Å². The Morgan fingerprint density at radius 1 is 0.824 bits per heavy atom. The van der Waals surface area contributed by atoms with Crippen LogP contribution in [0.15, 0.2) is 21.9 Å². The molecule has 0 unspecified atom stereocenters. The SMILES string of the molecule is O=S(=O)([O-])c1cc(O)c(S(=O)(=O)[O-])cc1O.[Zn+2]. The van der Waals surface area contributed by atoms with E-state index < -0.39 is 41.5 Å². The zero-order valence-corrected chi connectivity index (χ0v) is 12.6. The molecule has 0 heterocycles. The second-order valence-corrected chi connectivity index (χ2v) is 5.39. The molecule has 0 spiro atoms. The summed E-state index contributed by atoms with van der Waals surface area (Å²) >= 11 is 0. The van der Waals surface area contributed by atoms with Gasteiger partial charge < -0.3 is 19.3 Å². The van der Waals surface area contributed by atoms with Crippen LogP contribution in [0.4, 0.5) is 0 Å². The van der Waals surface area contributed by atoms with E-state index in [9.17, 15) is 25.9 Å². The molecule has 0 aliphatic carbocycles. The predicted molar refractivity (Wildman–Crippen MR) is 45.7 cm³/mol. The second-order valence-electron chi connectivity index (χ2n) is 2.70. The smallest absolute Gasteiger partial charge is 0.744 e. The van der Waals surface area contributed by atoms with Gasteiger partial charge in [0.1, 0.15) is 31.7 Å². The summed E-state index contributed by atoms with van der Waals surface area (Å²) in [6, 6.07) is 0.394. The Morgan fingerprint density at radius 2 is 1.06 bits per heavy atom. The van der Waals surface area contributed by atoms with Gasteiger partial charge in [0.25, 0.3) is 0 Å². The first-order chi connectivity index (χ1) is 7.03. The largest absolute Gasteiger partial charge is 2.00 e. The Morgan fingerprint density at radius 3 is 1.24 bits per heavy atom. The van der Waals surface area contributed by atoms with Crippen molar-refractivity contribution in [1.29, 1.82) is 0 Å². The maximum Gasteiger partial charge on any atom is 2.00 e. The fourth-order valence-electron chi connectivity index (χ4n) is 0.939. The fraction of sp³-hybridized carbons (Fsp3) is 0. The van der Waals surface area contributed by atoms with Crippen LogP contribution in [-0.4, -0.2) is 36.2 Å². The minimum absolute atomic E-state index is 0. The summed E-state index contributed by atoms with van der Waals surface area (Å²) in [5, 5.41) is 18.0. The molecule has 1 aromatic rings. The van der Waals surface area contributed by atoms with Crippen molar-refractivity contribution in [3.63, 3.8) is 0 Å². The van der Waals surface area contributed by atoms with E-state index in [-0.39, 0.29) is 31.6 Å². The molecule has 0 aliphatic heterocycles. The van der Waals surface area contributed by atoms with Gasteiger partial charge in [-0.15, -0.1) is 0 Å². The first-order valence-corrected chi connectivity index (χ1v) is 6.33. The zero-order valence-electron chi connectivity index (χ0n) is 8.02. The van der Waals surface area contributed by atoms with Crippen LogP contribution < -0.4 is 0 Å². The third-order valence-electron chi connectivity index (χ3n) is 1.58. The van der Waals surface area contributed by atoms with Gasteiger partial charge in [-0.05, 0) is 0 Å². The molecule has 1 aromatic carbocycles. The van der Waals surface area contributed by atoms with Crippen molar-refractivity contribution in [2.45, 2.75) is 9.79 Å². The molecular formula is C6H4O8S2Zn. The van der Waals surface area contributed by atoms with Gasteiger partial charge in [0, 0.05) is 12.1 Å². The van der Waals surface area contributed by atoms with E-state index in [1.165, 1.54) is 0 Å². The number of hydrogen-bond donors (Lipinski definition) is 2. The molecule has 0 saturated carbocycles. The van der Waals surface area contributed by atoms with E-state index in [4.69, 9.17) is 10.2 Å². The van der Waals surface area contributed by atoms with E-state index in [0.717, 1.165) is 0 Å². The summed E-state index contributed by atoms with van der Waals surface area (Å²) in [5.74, 6) is -2.44. The number of aromatic hydroxyl groups is 2. The zero-order chi connectivity index (χ0) is 12.7. The molecule has 8 nitrogen and oxygen atoms in total. The molecule has 0 atom stereocenters. The number of benzene rings is 1. The van der Waals surface area contributed by atoms with Crippen LogP contribution in [0.25, 0.3) is 0 Å². The minimum atomic E-state index is -5.08. The normalized spacial score (nSPS) is 11.9. The van der Waals surface area contributed by atoms with Gasteiger partial charge in [0.15, 0.2) is 0 Å². The van der Waals surface area contributed by atoms with Gasteiger partial charge in [-0.3, -0.25) is 0 Å². The predicted octanol–water partition coefficient (Wildman–Crippen LogP) is -1.10. The molecule has 2 N–H and O–H groups in total. The Bertz CT molecular complexity index is 574. The summed E-state index contributed by atoms with van der Waals surface area (Å²) in [5.41, 5.74) is 0.